The Morgan fingerprint density at radius 2 is 1.27 bits per heavy atom. The Hall–Kier alpha value is 0.0500. The molecule has 0 aliphatic carbocycles. The number of allylic oxidation sites excluding steroid dienone is 2. The van der Waals surface area contributed by atoms with Crippen molar-refractivity contribution < 1.29 is 0 Å². The molecule has 15 heavy (non-hydrogen) atoms. The molecule has 1 heterocycles. The number of nitrogens with two attached hydrogens (primary N) is 1. The molecule has 0 atom stereocenters. The number of hydrogen-bond acceptors (Lipinski definition) is 2. The molecule has 1 rings (SSSR count). The van der Waals surface area contributed by atoms with Crippen LogP contribution >= 0.6 is 11.8 Å². The predicted molar refractivity (Wildman–Crippen MR) is 73.4 cm³/mol. The smallest absolute Gasteiger partial charge is 0.00189 e. The van der Waals surface area contributed by atoms with Crippen molar-refractivity contribution in [2.75, 3.05) is 11.5 Å². The zero-order valence-electron chi connectivity index (χ0n) is 11.1. The summed E-state index contributed by atoms with van der Waals surface area (Å²) in [6, 6.07) is 0.333. The second-order valence-corrected chi connectivity index (χ2v) is 7.03. The topological polar surface area (TPSA) is 26.0 Å². The normalized spacial score (nSPS) is 22.9. The minimum atomic E-state index is 0.333. The molecule has 0 unspecified atom stereocenters. The summed E-state index contributed by atoms with van der Waals surface area (Å²) < 4.78 is 0. The molecular weight excluding hydrogens is 202 g/mol. The van der Waals surface area contributed by atoms with E-state index < -0.39 is 0 Å². The van der Waals surface area contributed by atoms with E-state index in [1.807, 2.05) is 13.8 Å². The van der Waals surface area contributed by atoms with Crippen molar-refractivity contribution in [3.8, 4) is 0 Å². The van der Waals surface area contributed by atoms with Crippen LogP contribution in [0.4, 0.5) is 0 Å². The highest BCUT2D eigenvalue weighted by Crippen LogP contribution is 2.34. The van der Waals surface area contributed by atoms with Crippen LogP contribution in [0.5, 0.6) is 0 Å². The summed E-state index contributed by atoms with van der Waals surface area (Å²) in [6.45, 7) is 13.1. The van der Waals surface area contributed by atoms with Gasteiger partial charge in [0.25, 0.3) is 0 Å². The van der Waals surface area contributed by atoms with Crippen LogP contribution in [0, 0.1) is 10.8 Å². The molecule has 90 valence electrons. The van der Waals surface area contributed by atoms with E-state index in [2.05, 4.69) is 51.6 Å². The van der Waals surface area contributed by atoms with E-state index in [4.69, 9.17) is 5.73 Å². The van der Waals surface area contributed by atoms with Crippen LogP contribution in [0.1, 0.15) is 41.5 Å². The van der Waals surface area contributed by atoms with E-state index in [1.165, 1.54) is 11.5 Å². The number of rotatable bonds is 0. The summed E-state index contributed by atoms with van der Waals surface area (Å²) in [6.07, 6.45) is 4.74. The Morgan fingerprint density at radius 1 is 1.00 bits per heavy atom. The molecule has 1 aliphatic rings. The van der Waals surface area contributed by atoms with Crippen molar-refractivity contribution in [2.45, 2.75) is 47.6 Å². The molecule has 0 aromatic carbocycles. The predicted octanol–water partition coefficient (Wildman–Crippen LogP) is 3.70. The van der Waals surface area contributed by atoms with Crippen molar-refractivity contribution in [3.05, 3.63) is 12.2 Å². The van der Waals surface area contributed by atoms with E-state index in [0.717, 1.165) is 0 Å². The summed E-state index contributed by atoms with van der Waals surface area (Å²) >= 11 is 2.07. The fraction of sp³-hybridized carbons (Fsp3) is 0.846. The monoisotopic (exact) mass is 229 g/mol. The summed E-state index contributed by atoms with van der Waals surface area (Å²) in [7, 11) is 0. The minimum Gasteiger partial charge on any atom is -0.328 e. The van der Waals surface area contributed by atoms with Gasteiger partial charge in [0.1, 0.15) is 0 Å². The third-order valence-corrected chi connectivity index (χ3v) is 3.83. The van der Waals surface area contributed by atoms with E-state index in [9.17, 15) is 0 Å². The fourth-order valence-electron chi connectivity index (χ4n) is 1.12. The molecule has 1 nitrogen and oxygen atoms in total. The van der Waals surface area contributed by atoms with Gasteiger partial charge in [-0.2, -0.15) is 11.8 Å². The molecule has 0 fully saturated rings. The largest absolute Gasteiger partial charge is 0.328 e. The van der Waals surface area contributed by atoms with Crippen LogP contribution < -0.4 is 5.73 Å². The van der Waals surface area contributed by atoms with Crippen molar-refractivity contribution in [1.82, 2.24) is 0 Å². The van der Waals surface area contributed by atoms with Gasteiger partial charge >= 0.3 is 0 Å². The van der Waals surface area contributed by atoms with E-state index in [-0.39, 0.29) is 0 Å². The highest BCUT2D eigenvalue weighted by Gasteiger charge is 2.23. The molecule has 0 amide bonds. The molecule has 0 bridgehead atoms. The van der Waals surface area contributed by atoms with Gasteiger partial charge in [0, 0.05) is 11.5 Å². The van der Waals surface area contributed by atoms with E-state index in [0.29, 0.717) is 16.9 Å². The molecular formula is C13H27NS. The van der Waals surface area contributed by atoms with Crippen molar-refractivity contribution >= 4 is 11.8 Å². The lowest BCUT2D eigenvalue weighted by Gasteiger charge is -2.17. The quantitative estimate of drug-likeness (QED) is 0.641. The highest BCUT2D eigenvalue weighted by atomic mass is 32.2. The van der Waals surface area contributed by atoms with Gasteiger partial charge < -0.3 is 5.73 Å². The number of hydrogen-bond donors (Lipinski definition) is 1. The minimum absolute atomic E-state index is 0.333. The molecule has 0 saturated carbocycles. The van der Waals surface area contributed by atoms with Gasteiger partial charge in [0.05, 0.1) is 0 Å². The fourth-order valence-corrected chi connectivity index (χ4v) is 2.47. The van der Waals surface area contributed by atoms with E-state index in [1.54, 1.807) is 0 Å². The average Bonchev–Trinajstić information content (AvgIpc) is 2.09. The van der Waals surface area contributed by atoms with Gasteiger partial charge in [-0.1, -0.05) is 53.7 Å². The van der Waals surface area contributed by atoms with Crippen molar-refractivity contribution in [2.24, 2.45) is 16.6 Å². The van der Waals surface area contributed by atoms with E-state index >= 15 is 0 Å². The van der Waals surface area contributed by atoms with Gasteiger partial charge in [-0.05, 0) is 16.9 Å². The zero-order valence-corrected chi connectivity index (χ0v) is 11.9. The van der Waals surface area contributed by atoms with Gasteiger partial charge in [-0.15, -0.1) is 0 Å². The van der Waals surface area contributed by atoms with Crippen LogP contribution in [0.2, 0.25) is 0 Å². The molecule has 0 aromatic rings. The Labute approximate surface area is 99.9 Å². The second-order valence-electron chi connectivity index (χ2n) is 6.05. The summed E-state index contributed by atoms with van der Waals surface area (Å²) in [5.41, 5.74) is 5.91. The van der Waals surface area contributed by atoms with Crippen LogP contribution in [0.3, 0.4) is 0 Å². The maximum atomic E-state index is 5.11. The molecule has 0 radical (unpaired) electrons. The standard InChI is InChI=1S/C10H18S.C3H9N/c1-9(2)5-6-10(3,4)8-11-7-9;1-3(2)4/h5-6H,7-8H2,1-4H3;3H,4H2,1-2H3. The first-order valence-electron chi connectivity index (χ1n) is 5.68. The lowest BCUT2D eigenvalue weighted by Crippen LogP contribution is -2.09. The van der Waals surface area contributed by atoms with Gasteiger partial charge in [-0.3, -0.25) is 0 Å². The Balaban J connectivity index is 0.000000423. The molecule has 0 aromatic heterocycles. The molecule has 0 saturated heterocycles. The highest BCUT2D eigenvalue weighted by molar-refractivity contribution is 7.99. The molecule has 2 N–H and O–H groups in total. The van der Waals surface area contributed by atoms with Gasteiger partial charge in [-0.25, -0.2) is 0 Å². The van der Waals surface area contributed by atoms with Gasteiger partial charge in [0.2, 0.25) is 0 Å². The van der Waals surface area contributed by atoms with Crippen LogP contribution in [-0.4, -0.2) is 17.5 Å². The number of thioether (sulfide) groups is 1. The molecule has 0 spiro atoms. The van der Waals surface area contributed by atoms with Gasteiger partial charge in [0.15, 0.2) is 0 Å². The van der Waals surface area contributed by atoms with Crippen LogP contribution in [0.25, 0.3) is 0 Å². The first-order valence-corrected chi connectivity index (χ1v) is 6.84. The maximum Gasteiger partial charge on any atom is 0.00189 e. The van der Waals surface area contributed by atoms with Crippen LogP contribution in [0.15, 0.2) is 12.2 Å². The SMILES string of the molecule is CC(C)N.CC1(C)C=CC(C)(C)CSC1. The first kappa shape index (κ1) is 15.0. The molecule has 1 aliphatic heterocycles. The van der Waals surface area contributed by atoms with Crippen LogP contribution in [-0.2, 0) is 0 Å². The summed E-state index contributed by atoms with van der Waals surface area (Å²) in [5, 5.41) is 0. The Bertz CT molecular complexity index is 184. The zero-order chi connectivity index (χ0) is 12.1. The summed E-state index contributed by atoms with van der Waals surface area (Å²) in [4.78, 5) is 0. The maximum absolute atomic E-state index is 5.11. The Morgan fingerprint density at radius 3 is 1.53 bits per heavy atom. The Kier molecular flexibility index (Phi) is 5.97. The molecule has 2 heteroatoms. The third-order valence-electron chi connectivity index (χ3n) is 1.93. The lowest BCUT2D eigenvalue weighted by atomic mass is 9.89. The second kappa shape index (κ2) is 5.95. The summed E-state index contributed by atoms with van der Waals surface area (Å²) in [5.74, 6) is 2.51. The third kappa shape index (κ3) is 9.01. The lowest BCUT2D eigenvalue weighted by molar-refractivity contribution is 0.531. The van der Waals surface area contributed by atoms with Crippen molar-refractivity contribution in [3.63, 3.8) is 0 Å². The van der Waals surface area contributed by atoms with Crippen molar-refractivity contribution in [1.29, 1.82) is 0 Å². The average molecular weight is 229 g/mol. The first-order chi connectivity index (χ1) is 6.65.